The number of nitrogens with one attached hydrogen (secondary N) is 1. The second-order valence-corrected chi connectivity index (χ2v) is 6.37. The highest BCUT2D eigenvalue weighted by molar-refractivity contribution is 7.99. The van der Waals surface area contributed by atoms with Crippen LogP contribution in [0.3, 0.4) is 0 Å². The molecule has 0 bridgehead atoms. The number of nitrogens with zero attached hydrogens (tertiary/aromatic N) is 3. The van der Waals surface area contributed by atoms with Crippen LogP contribution in [0.15, 0.2) is 4.99 Å². The molecule has 110 valence electrons. The molecule has 0 unspecified atom stereocenters. The van der Waals surface area contributed by atoms with Crippen LogP contribution in [0.4, 0.5) is 0 Å². The number of hydrogen-bond donors (Lipinski definition) is 2. The molecule has 0 aromatic heterocycles. The zero-order valence-corrected chi connectivity index (χ0v) is 12.7. The summed E-state index contributed by atoms with van der Waals surface area (Å²) in [5.41, 5.74) is 0. The van der Waals surface area contributed by atoms with Crippen molar-refractivity contribution < 1.29 is 5.11 Å². The zero-order chi connectivity index (χ0) is 13.5. The van der Waals surface area contributed by atoms with E-state index in [1.54, 1.807) is 0 Å². The highest BCUT2D eigenvalue weighted by Crippen LogP contribution is 2.10. The van der Waals surface area contributed by atoms with Crippen molar-refractivity contribution in [1.29, 1.82) is 0 Å². The summed E-state index contributed by atoms with van der Waals surface area (Å²) in [4.78, 5) is 9.11. The van der Waals surface area contributed by atoms with E-state index in [0.717, 1.165) is 45.0 Å². The van der Waals surface area contributed by atoms with Crippen LogP contribution >= 0.6 is 11.8 Å². The van der Waals surface area contributed by atoms with Crippen LogP contribution in [0.25, 0.3) is 0 Å². The molecule has 0 aliphatic carbocycles. The maximum Gasteiger partial charge on any atom is 0.193 e. The van der Waals surface area contributed by atoms with Gasteiger partial charge in [-0.05, 0) is 12.8 Å². The van der Waals surface area contributed by atoms with Gasteiger partial charge in [0, 0.05) is 57.8 Å². The maximum atomic E-state index is 9.53. The smallest absolute Gasteiger partial charge is 0.193 e. The molecule has 5 nitrogen and oxygen atoms in total. The van der Waals surface area contributed by atoms with Gasteiger partial charge in [-0.25, -0.2) is 0 Å². The first-order valence-corrected chi connectivity index (χ1v) is 8.39. The number of piperidine rings is 1. The van der Waals surface area contributed by atoms with Gasteiger partial charge in [-0.15, -0.1) is 0 Å². The second kappa shape index (κ2) is 7.97. The number of rotatable bonds is 3. The second-order valence-electron chi connectivity index (χ2n) is 5.15. The first kappa shape index (κ1) is 14.9. The standard InChI is InChI=1S/C13H26N4OS/c1-14-13(17-5-2-12(18)3-6-17)15-4-7-16-8-10-19-11-9-16/h12,18H,2-11H2,1H3,(H,14,15). The minimum atomic E-state index is -0.125. The van der Waals surface area contributed by atoms with E-state index in [1.807, 2.05) is 18.8 Å². The number of likely N-dealkylation sites (tertiary alicyclic amines) is 1. The zero-order valence-electron chi connectivity index (χ0n) is 11.8. The fraction of sp³-hybridized carbons (Fsp3) is 0.923. The first-order chi connectivity index (χ1) is 9.29. The van der Waals surface area contributed by atoms with Gasteiger partial charge in [0.15, 0.2) is 5.96 Å². The lowest BCUT2D eigenvalue weighted by Crippen LogP contribution is -2.48. The van der Waals surface area contributed by atoms with E-state index in [9.17, 15) is 5.11 Å². The van der Waals surface area contributed by atoms with Crippen LogP contribution in [-0.2, 0) is 0 Å². The summed E-state index contributed by atoms with van der Waals surface area (Å²) in [6, 6.07) is 0. The van der Waals surface area contributed by atoms with Crippen molar-refractivity contribution in [2.45, 2.75) is 18.9 Å². The Bertz CT molecular complexity index is 286. The van der Waals surface area contributed by atoms with Gasteiger partial charge in [0.2, 0.25) is 0 Å². The van der Waals surface area contributed by atoms with Gasteiger partial charge in [0.1, 0.15) is 0 Å². The molecule has 19 heavy (non-hydrogen) atoms. The molecule has 2 N–H and O–H groups in total. The number of thioether (sulfide) groups is 1. The minimum Gasteiger partial charge on any atom is -0.393 e. The molecule has 0 spiro atoms. The van der Waals surface area contributed by atoms with E-state index in [0.29, 0.717) is 0 Å². The Hall–Kier alpha value is -0.460. The number of aliphatic hydroxyl groups excluding tert-OH is 1. The number of hydrogen-bond acceptors (Lipinski definition) is 4. The first-order valence-electron chi connectivity index (χ1n) is 7.23. The summed E-state index contributed by atoms with van der Waals surface area (Å²) in [5, 5.41) is 13.0. The van der Waals surface area contributed by atoms with Gasteiger partial charge in [0.25, 0.3) is 0 Å². The van der Waals surface area contributed by atoms with E-state index in [-0.39, 0.29) is 6.10 Å². The van der Waals surface area contributed by atoms with Crippen molar-refractivity contribution in [3.05, 3.63) is 0 Å². The van der Waals surface area contributed by atoms with Crippen molar-refractivity contribution in [1.82, 2.24) is 15.1 Å². The molecule has 6 heteroatoms. The molecule has 2 aliphatic rings. The van der Waals surface area contributed by atoms with Crippen LogP contribution < -0.4 is 5.32 Å². The lowest BCUT2D eigenvalue weighted by molar-refractivity contribution is 0.108. The summed E-state index contributed by atoms with van der Waals surface area (Å²) in [6.45, 7) is 6.27. The van der Waals surface area contributed by atoms with Crippen LogP contribution in [-0.4, -0.2) is 84.8 Å². The fourth-order valence-electron chi connectivity index (χ4n) is 2.56. The normalized spacial score (nSPS) is 23.7. The minimum absolute atomic E-state index is 0.125. The quantitative estimate of drug-likeness (QED) is 0.568. The van der Waals surface area contributed by atoms with E-state index >= 15 is 0 Å². The Balaban J connectivity index is 1.67. The number of aliphatic hydroxyl groups is 1. The average Bonchev–Trinajstić information content (AvgIpc) is 2.46. The van der Waals surface area contributed by atoms with Gasteiger partial charge >= 0.3 is 0 Å². The van der Waals surface area contributed by atoms with Gasteiger partial charge in [0.05, 0.1) is 6.10 Å². The van der Waals surface area contributed by atoms with Gasteiger partial charge in [-0.2, -0.15) is 11.8 Å². The molecule has 0 aromatic rings. The predicted octanol–water partition coefficient (Wildman–Crippen LogP) is 0.0673. The third kappa shape index (κ3) is 4.85. The summed E-state index contributed by atoms with van der Waals surface area (Å²) in [7, 11) is 1.84. The van der Waals surface area contributed by atoms with Crippen molar-refractivity contribution >= 4 is 17.7 Å². The molecule has 0 saturated carbocycles. The molecule has 0 atom stereocenters. The van der Waals surface area contributed by atoms with E-state index < -0.39 is 0 Å². The molecule has 0 amide bonds. The molecular formula is C13H26N4OS. The van der Waals surface area contributed by atoms with E-state index in [4.69, 9.17) is 0 Å². The Morgan fingerprint density at radius 1 is 1.26 bits per heavy atom. The third-order valence-electron chi connectivity index (χ3n) is 3.79. The summed E-state index contributed by atoms with van der Waals surface area (Å²) in [5.74, 6) is 3.51. The topological polar surface area (TPSA) is 51.1 Å². The molecule has 0 aromatic carbocycles. The molecular weight excluding hydrogens is 260 g/mol. The van der Waals surface area contributed by atoms with E-state index in [2.05, 4.69) is 20.1 Å². The van der Waals surface area contributed by atoms with Crippen LogP contribution in [0.2, 0.25) is 0 Å². The van der Waals surface area contributed by atoms with Crippen LogP contribution in [0.1, 0.15) is 12.8 Å². The van der Waals surface area contributed by atoms with Gasteiger partial charge < -0.3 is 15.3 Å². The highest BCUT2D eigenvalue weighted by Gasteiger charge is 2.19. The number of guanidine groups is 1. The number of aliphatic imine (C=N–C) groups is 1. The van der Waals surface area contributed by atoms with Gasteiger partial charge in [-0.3, -0.25) is 9.89 Å². The summed E-state index contributed by atoms with van der Waals surface area (Å²) >= 11 is 2.05. The average molecular weight is 286 g/mol. The van der Waals surface area contributed by atoms with Crippen molar-refractivity contribution in [2.24, 2.45) is 4.99 Å². The molecule has 2 heterocycles. The van der Waals surface area contributed by atoms with E-state index in [1.165, 1.54) is 24.6 Å². The lowest BCUT2D eigenvalue weighted by atomic mass is 10.1. The molecule has 2 saturated heterocycles. The SMILES string of the molecule is CN=C(NCCN1CCSCC1)N1CCC(O)CC1. The summed E-state index contributed by atoms with van der Waals surface area (Å²) < 4.78 is 0. The highest BCUT2D eigenvalue weighted by atomic mass is 32.2. The maximum absolute atomic E-state index is 9.53. The van der Waals surface area contributed by atoms with Crippen molar-refractivity contribution in [3.8, 4) is 0 Å². The Labute approximate surface area is 120 Å². The monoisotopic (exact) mass is 286 g/mol. The molecule has 2 fully saturated rings. The van der Waals surface area contributed by atoms with Gasteiger partial charge in [-0.1, -0.05) is 0 Å². The Morgan fingerprint density at radius 2 is 1.95 bits per heavy atom. The van der Waals surface area contributed by atoms with Crippen molar-refractivity contribution in [2.75, 3.05) is 57.8 Å². The Kier molecular flexibility index (Phi) is 6.26. The molecule has 2 aliphatic heterocycles. The van der Waals surface area contributed by atoms with Crippen LogP contribution in [0.5, 0.6) is 0 Å². The third-order valence-corrected chi connectivity index (χ3v) is 4.73. The van der Waals surface area contributed by atoms with Crippen LogP contribution in [0, 0.1) is 0 Å². The van der Waals surface area contributed by atoms with Crippen molar-refractivity contribution in [3.63, 3.8) is 0 Å². The Morgan fingerprint density at radius 3 is 2.58 bits per heavy atom. The lowest BCUT2D eigenvalue weighted by Gasteiger charge is -2.33. The predicted molar refractivity (Wildman–Crippen MR) is 81.9 cm³/mol. The largest absolute Gasteiger partial charge is 0.393 e. The molecule has 2 rings (SSSR count). The molecule has 0 radical (unpaired) electrons. The summed E-state index contributed by atoms with van der Waals surface area (Å²) in [6.07, 6.45) is 1.58. The fourth-order valence-corrected chi connectivity index (χ4v) is 3.54.